The van der Waals surface area contributed by atoms with E-state index in [-0.39, 0.29) is 5.91 Å². The van der Waals surface area contributed by atoms with Crippen LogP contribution >= 0.6 is 23.2 Å². The van der Waals surface area contributed by atoms with Crippen molar-refractivity contribution < 1.29 is 9.53 Å². The van der Waals surface area contributed by atoms with Crippen molar-refractivity contribution in [1.82, 2.24) is 9.47 Å². The normalized spacial score (nSPS) is 11.0. The number of carbonyl (C=O) groups excluding carboxylic acids is 1. The Labute approximate surface area is 146 Å². The van der Waals surface area contributed by atoms with E-state index >= 15 is 0 Å². The lowest BCUT2D eigenvalue weighted by atomic mass is 10.2. The highest BCUT2D eigenvalue weighted by atomic mass is 35.5. The number of alkyl halides is 2. The largest absolute Gasteiger partial charge is 0.383 e. The molecule has 0 saturated carbocycles. The minimum absolute atomic E-state index is 0.308. The molecule has 0 atom stereocenters. The monoisotopic (exact) mass is 354 g/mol. The summed E-state index contributed by atoms with van der Waals surface area (Å²) in [5, 5.41) is 0. The summed E-state index contributed by atoms with van der Waals surface area (Å²) in [6, 6.07) is 14.1. The van der Waals surface area contributed by atoms with Gasteiger partial charge in [0.1, 0.15) is 0 Å². The molecule has 0 aliphatic heterocycles. The number of halogens is 2. The fourth-order valence-corrected chi connectivity index (χ4v) is 2.61. The van der Waals surface area contributed by atoms with Crippen LogP contribution in [0.25, 0.3) is 0 Å². The van der Waals surface area contributed by atoms with Gasteiger partial charge in [-0.3, -0.25) is 4.79 Å². The van der Waals surface area contributed by atoms with Gasteiger partial charge in [-0.2, -0.15) is 0 Å². The summed E-state index contributed by atoms with van der Waals surface area (Å²) in [6.45, 7) is 2.08. The van der Waals surface area contributed by atoms with Crippen LogP contribution in [0.5, 0.6) is 0 Å². The van der Waals surface area contributed by atoms with E-state index in [0.29, 0.717) is 19.7 Å². The predicted octanol–water partition coefficient (Wildman–Crippen LogP) is 3.32. The third-order valence-corrected chi connectivity index (χ3v) is 3.91. The van der Waals surface area contributed by atoms with E-state index in [1.807, 2.05) is 36.5 Å². The topological polar surface area (TPSA) is 34.5 Å². The van der Waals surface area contributed by atoms with Gasteiger partial charge in [-0.15, -0.1) is 0 Å². The fraction of sp³-hybridized carbons (Fsp3) is 0.353. The van der Waals surface area contributed by atoms with E-state index in [9.17, 15) is 4.79 Å². The molecule has 4 nitrogen and oxygen atoms in total. The quantitative estimate of drug-likeness (QED) is 0.681. The molecule has 0 fully saturated rings. The zero-order chi connectivity index (χ0) is 16.7. The van der Waals surface area contributed by atoms with Gasteiger partial charge in [0.25, 0.3) is 5.91 Å². The number of hydrogen-bond donors (Lipinski definition) is 0. The molecule has 1 amide bonds. The van der Waals surface area contributed by atoms with Crippen LogP contribution in [0.1, 0.15) is 11.3 Å². The molecule has 0 aliphatic rings. The zero-order valence-corrected chi connectivity index (χ0v) is 14.5. The van der Waals surface area contributed by atoms with E-state index < -0.39 is 4.84 Å². The van der Waals surface area contributed by atoms with Crippen LogP contribution in [0.3, 0.4) is 0 Å². The molecule has 1 heterocycles. The Hall–Kier alpha value is -1.49. The third kappa shape index (κ3) is 5.27. The number of ether oxygens (including phenoxy) is 1. The van der Waals surface area contributed by atoms with Crippen molar-refractivity contribution in [1.29, 1.82) is 0 Å². The molecule has 2 rings (SSSR count). The first-order valence-corrected chi connectivity index (χ1v) is 8.23. The Morgan fingerprint density at radius 3 is 2.61 bits per heavy atom. The smallest absolute Gasteiger partial charge is 0.256 e. The summed E-state index contributed by atoms with van der Waals surface area (Å²) >= 11 is 11.5. The molecule has 0 N–H and O–H groups in total. The molecular weight excluding hydrogens is 335 g/mol. The molecule has 124 valence electrons. The van der Waals surface area contributed by atoms with Gasteiger partial charge in [0.05, 0.1) is 13.2 Å². The van der Waals surface area contributed by atoms with Gasteiger partial charge in [0, 0.05) is 32.1 Å². The molecular formula is C17H20Cl2N2O2. The van der Waals surface area contributed by atoms with Crippen molar-refractivity contribution in [3.63, 3.8) is 0 Å². The average molecular weight is 355 g/mol. The Morgan fingerprint density at radius 2 is 1.96 bits per heavy atom. The SMILES string of the molecule is COCCN(Cc1cccn1Cc1ccccc1)C(=O)C(Cl)Cl. The summed E-state index contributed by atoms with van der Waals surface area (Å²) in [6.07, 6.45) is 2.00. The molecule has 0 radical (unpaired) electrons. The Morgan fingerprint density at radius 1 is 1.22 bits per heavy atom. The summed E-state index contributed by atoms with van der Waals surface area (Å²) in [5.74, 6) is -0.308. The first-order valence-electron chi connectivity index (χ1n) is 7.35. The maximum absolute atomic E-state index is 12.1. The van der Waals surface area contributed by atoms with Crippen LogP contribution < -0.4 is 0 Å². The number of aromatic nitrogens is 1. The molecule has 0 saturated heterocycles. The van der Waals surface area contributed by atoms with Crippen molar-refractivity contribution in [2.24, 2.45) is 0 Å². The lowest BCUT2D eigenvalue weighted by molar-refractivity contribution is -0.130. The minimum atomic E-state index is -1.07. The average Bonchev–Trinajstić information content (AvgIpc) is 2.98. The lowest BCUT2D eigenvalue weighted by Crippen LogP contribution is -2.37. The van der Waals surface area contributed by atoms with Gasteiger partial charge in [-0.25, -0.2) is 0 Å². The minimum Gasteiger partial charge on any atom is -0.383 e. The van der Waals surface area contributed by atoms with E-state index in [0.717, 1.165) is 12.2 Å². The van der Waals surface area contributed by atoms with E-state index in [2.05, 4.69) is 16.7 Å². The Bertz CT molecular complexity index is 614. The number of nitrogens with zero attached hydrogens (tertiary/aromatic N) is 2. The van der Waals surface area contributed by atoms with Crippen LogP contribution in [0.2, 0.25) is 0 Å². The van der Waals surface area contributed by atoms with Gasteiger partial charge >= 0.3 is 0 Å². The van der Waals surface area contributed by atoms with Gasteiger partial charge in [0.15, 0.2) is 4.84 Å². The molecule has 0 spiro atoms. The number of rotatable bonds is 8. The molecule has 1 aromatic carbocycles. The molecule has 2 aromatic rings. The molecule has 0 unspecified atom stereocenters. The van der Waals surface area contributed by atoms with E-state index in [1.54, 1.807) is 12.0 Å². The van der Waals surface area contributed by atoms with Gasteiger partial charge in [0.2, 0.25) is 0 Å². The highest BCUT2D eigenvalue weighted by Gasteiger charge is 2.21. The van der Waals surface area contributed by atoms with Gasteiger partial charge in [-0.1, -0.05) is 53.5 Å². The predicted molar refractivity (Wildman–Crippen MR) is 92.8 cm³/mol. The van der Waals surface area contributed by atoms with Crippen molar-refractivity contribution in [3.8, 4) is 0 Å². The number of methoxy groups -OCH3 is 1. The van der Waals surface area contributed by atoms with Gasteiger partial charge < -0.3 is 14.2 Å². The number of benzene rings is 1. The second-order valence-corrected chi connectivity index (χ2v) is 6.26. The summed E-state index contributed by atoms with van der Waals surface area (Å²) in [4.78, 5) is 12.7. The fourth-order valence-electron chi connectivity index (χ4n) is 2.33. The van der Waals surface area contributed by atoms with Crippen LogP contribution in [-0.2, 0) is 22.6 Å². The molecule has 1 aromatic heterocycles. The van der Waals surface area contributed by atoms with Crippen LogP contribution in [0, 0.1) is 0 Å². The van der Waals surface area contributed by atoms with Crippen molar-refractivity contribution in [2.75, 3.05) is 20.3 Å². The number of hydrogen-bond acceptors (Lipinski definition) is 2. The lowest BCUT2D eigenvalue weighted by Gasteiger charge is -2.24. The van der Waals surface area contributed by atoms with Crippen molar-refractivity contribution in [2.45, 2.75) is 17.9 Å². The second kappa shape index (κ2) is 8.96. The molecule has 0 aliphatic carbocycles. The van der Waals surface area contributed by atoms with Crippen LogP contribution in [-0.4, -0.2) is 40.5 Å². The Balaban J connectivity index is 2.11. The molecule has 6 heteroatoms. The van der Waals surface area contributed by atoms with Crippen LogP contribution in [0.15, 0.2) is 48.7 Å². The highest BCUT2D eigenvalue weighted by Crippen LogP contribution is 2.14. The van der Waals surface area contributed by atoms with Crippen LogP contribution in [0.4, 0.5) is 0 Å². The van der Waals surface area contributed by atoms with Gasteiger partial charge in [-0.05, 0) is 17.7 Å². The maximum atomic E-state index is 12.1. The van der Waals surface area contributed by atoms with E-state index in [4.69, 9.17) is 27.9 Å². The zero-order valence-electron chi connectivity index (χ0n) is 13.0. The highest BCUT2D eigenvalue weighted by molar-refractivity contribution is 6.53. The first-order chi connectivity index (χ1) is 11.1. The number of carbonyl (C=O) groups is 1. The summed E-state index contributed by atoms with van der Waals surface area (Å²) in [5.41, 5.74) is 2.22. The van der Waals surface area contributed by atoms with E-state index in [1.165, 1.54) is 5.56 Å². The van der Waals surface area contributed by atoms with Crippen molar-refractivity contribution in [3.05, 3.63) is 59.9 Å². The third-order valence-electron chi connectivity index (χ3n) is 3.54. The first kappa shape index (κ1) is 17.9. The molecule has 23 heavy (non-hydrogen) atoms. The van der Waals surface area contributed by atoms with Crippen molar-refractivity contribution >= 4 is 29.1 Å². The summed E-state index contributed by atoms with van der Waals surface area (Å²) in [7, 11) is 1.60. The second-order valence-electron chi connectivity index (χ2n) is 5.17. The molecule has 0 bridgehead atoms. The standard InChI is InChI=1S/C17H20Cl2N2O2/c1-23-11-10-21(17(22)16(18)19)13-15-8-5-9-20(15)12-14-6-3-2-4-7-14/h2-9,16H,10-13H2,1H3. The summed E-state index contributed by atoms with van der Waals surface area (Å²) < 4.78 is 7.17. The number of amides is 1. The Kier molecular flexibility index (Phi) is 6.96. The maximum Gasteiger partial charge on any atom is 0.256 e.